The number of aromatic nitrogens is 4. The van der Waals surface area contributed by atoms with Crippen LogP contribution >= 0.6 is 0 Å². The molecule has 0 radical (unpaired) electrons. The van der Waals surface area contributed by atoms with Crippen molar-refractivity contribution in [2.75, 3.05) is 18.0 Å². The maximum atomic E-state index is 12.7. The second kappa shape index (κ2) is 9.32. The van der Waals surface area contributed by atoms with E-state index < -0.39 is 0 Å². The number of anilines is 1. The van der Waals surface area contributed by atoms with Gasteiger partial charge in [-0.05, 0) is 36.6 Å². The molecule has 8 heteroatoms. The maximum absolute atomic E-state index is 12.7. The third-order valence-electron chi connectivity index (χ3n) is 6.36. The largest absolute Gasteiger partial charge is 0.354 e. The summed E-state index contributed by atoms with van der Waals surface area (Å²) in [4.78, 5) is 14.9. The average molecular weight is 452 g/mol. The predicted molar refractivity (Wildman–Crippen MR) is 130 cm³/mol. The number of carbonyl (C=O) groups excluding carboxylic acids is 1. The van der Waals surface area contributed by atoms with Crippen LogP contribution in [0.5, 0.6) is 0 Å². The standard InChI is InChI=1S/C26H25N7O/c1-32-23(11-15-28-32)24-21-4-2-3-5-22(21)25(31-30-24)33-16-12-20(13-17-33)29-26(34)19-8-6-18(7-9-19)10-14-27/h2-9,11,15,20H,10,12-13,16-17H2,1H3,(H,29,34). The molecule has 0 unspecified atom stereocenters. The van der Waals surface area contributed by atoms with Crippen LogP contribution in [0.2, 0.25) is 0 Å². The Bertz CT molecular complexity index is 1360. The number of nitrogens with one attached hydrogen (secondary N) is 1. The molecular formula is C26H25N7O. The van der Waals surface area contributed by atoms with Crippen LogP contribution in [0.1, 0.15) is 28.8 Å². The van der Waals surface area contributed by atoms with Gasteiger partial charge in [0.05, 0.1) is 18.2 Å². The summed E-state index contributed by atoms with van der Waals surface area (Å²) >= 11 is 0. The van der Waals surface area contributed by atoms with E-state index in [0.717, 1.165) is 59.5 Å². The highest BCUT2D eigenvalue weighted by atomic mass is 16.1. The fourth-order valence-corrected chi connectivity index (χ4v) is 4.49. The zero-order chi connectivity index (χ0) is 23.5. The first kappa shape index (κ1) is 21.6. The highest BCUT2D eigenvalue weighted by Crippen LogP contribution is 2.32. The first-order chi connectivity index (χ1) is 16.6. The number of carbonyl (C=O) groups is 1. The fraction of sp³-hybridized carbons (Fsp3) is 0.269. The molecule has 1 amide bonds. The number of hydrogen-bond donors (Lipinski definition) is 1. The molecule has 3 heterocycles. The minimum atomic E-state index is -0.0762. The molecule has 0 aliphatic carbocycles. The number of benzene rings is 2. The zero-order valence-corrected chi connectivity index (χ0v) is 19.0. The molecule has 0 atom stereocenters. The zero-order valence-electron chi connectivity index (χ0n) is 19.0. The van der Waals surface area contributed by atoms with Gasteiger partial charge in [-0.3, -0.25) is 9.48 Å². The summed E-state index contributed by atoms with van der Waals surface area (Å²) < 4.78 is 1.81. The van der Waals surface area contributed by atoms with Crippen LogP contribution in [0.25, 0.3) is 22.2 Å². The van der Waals surface area contributed by atoms with Crippen LogP contribution in [0.15, 0.2) is 60.8 Å². The van der Waals surface area contributed by atoms with E-state index in [1.165, 1.54) is 0 Å². The minimum Gasteiger partial charge on any atom is -0.354 e. The highest BCUT2D eigenvalue weighted by Gasteiger charge is 2.24. The number of fused-ring (bicyclic) bond motifs is 1. The third-order valence-corrected chi connectivity index (χ3v) is 6.36. The molecule has 8 nitrogen and oxygen atoms in total. The van der Waals surface area contributed by atoms with Gasteiger partial charge in [0, 0.05) is 48.7 Å². The molecule has 1 N–H and O–H groups in total. The van der Waals surface area contributed by atoms with E-state index in [-0.39, 0.29) is 11.9 Å². The van der Waals surface area contributed by atoms with E-state index in [9.17, 15) is 4.79 Å². The van der Waals surface area contributed by atoms with E-state index in [4.69, 9.17) is 5.26 Å². The third kappa shape index (κ3) is 4.20. The molecule has 4 aromatic rings. The Morgan fingerprint density at radius 1 is 1.06 bits per heavy atom. The van der Waals surface area contributed by atoms with Gasteiger partial charge in [0.25, 0.3) is 5.91 Å². The quantitative estimate of drug-likeness (QED) is 0.499. The number of aryl methyl sites for hydroxylation is 1. The lowest BCUT2D eigenvalue weighted by atomic mass is 10.0. The SMILES string of the molecule is Cn1nccc1-c1nnc(N2CCC(NC(=O)c3ccc(CC#N)cc3)CC2)c2ccccc12. The molecule has 5 rings (SSSR count). The lowest BCUT2D eigenvalue weighted by molar-refractivity contribution is 0.0931. The molecular weight excluding hydrogens is 426 g/mol. The van der Waals surface area contributed by atoms with Crippen molar-refractivity contribution in [3.05, 3.63) is 71.9 Å². The van der Waals surface area contributed by atoms with Gasteiger partial charge in [0.2, 0.25) is 0 Å². The molecule has 170 valence electrons. The fourth-order valence-electron chi connectivity index (χ4n) is 4.49. The van der Waals surface area contributed by atoms with Gasteiger partial charge in [0.1, 0.15) is 5.69 Å². The van der Waals surface area contributed by atoms with E-state index >= 15 is 0 Å². The van der Waals surface area contributed by atoms with Crippen LogP contribution < -0.4 is 10.2 Å². The average Bonchev–Trinajstić information content (AvgIpc) is 3.30. The van der Waals surface area contributed by atoms with Crippen LogP contribution in [-0.4, -0.2) is 45.0 Å². The highest BCUT2D eigenvalue weighted by molar-refractivity contribution is 5.99. The lowest BCUT2D eigenvalue weighted by Gasteiger charge is -2.33. The molecule has 1 fully saturated rings. The van der Waals surface area contributed by atoms with Crippen molar-refractivity contribution in [1.82, 2.24) is 25.3 Å². The smallest absolute Gasteiger partial charge is 0.251 e. The summed E-state index contributed by atoms with van der Waals surface area (Å²) in [6.45, 7) is 1.57. The Balaban J connectivity index is 1.29. The molecule has 0 saturated carbocycles. The monoisotopic (exact) mass is 451 g/mol. The van der Waals surface area contributed by atoms with Gasteiger partial charge in [-0.25, -0.2) is 0 Å². The van der Waals surface area contributed by atoms with Crippen molar-refractivity contribution >= 4 is 22.5 Å². The van der Waals surface area contributed by atoms with Crippen molar-refractivity contribution in [2.24, 2.45) is 7.05 Å². The normalized spacial score (nSPS) is 14.2. The second-order valence-corrected chi connectivity index (χ2v) is 8.52. The van der Waals surface area contributed by atoms with Gasteiger partial charge >= 0.3 is 0 Å². The minimum absolute atomic E-state index is 0.0762. The van der Waals surface area contributed by atoms with E-state index in [1.807, 2.05) is 37.4 Å². The Kier molecular flexibility index (Phi) is 5.91. The van der Waals surface area contributed by atoms with Gasteiger partial charge in [-0.15, -0.1) is 10.2 Å². The summed E-state index contributed by atoms with van der Waals surface area (Å²) in [5.41, 5.74) is 3.28. The molecule has 1 aliphatic rings. The first-order valence-electron chi connectivity index (χ1n) is 11.4. The summed E-state index contributed by atoms with van der Waals surface area (Å²) in [5.74, 6) is 0.798. The molecule has 34 heavy (non-hydrogen) atoms. The molecule has 0 bridgehead atoms. The van der Waals surface area contributed by atoms with Crippen molar-refractivity contribution < 1.29 is 4.79 Å². The van der Waals surface area contributed by atoms with Crippen molar-refractivity contribution in [3.8, 4) is 17.5 Å². The van der Waals surface area contributed by atoms with Gasteiger partial charge in [-0.2, -0.15) is 10.4 Å². The maximum Gasteiger partial charge on any atom is 0.251 e. The summed E-state index contributed by atoms with van der Waals surface area (Å²) in [6, 6.07) is 19.6. The number of nitriles is 1. The van der Waals surface area contributed by atoms with Gasteiger partial charge in [0.15, 0.2) is 5.82 Å². The van der Waals surface area contributed by atoms with Gasteiger partial charge in [-0.1, -0.05) is 36.4 Å². The first-order valence-corrected chi connectivity index (χ1v) is 11.4. The van der Waals surface area contributed by atoms with Crippen LogP contribution in [0, 0.1) is 11.3 Å². The van der Waals surface area contributed by atoms with Crippen LogP contribution in [0.3, 0.4) is 0 Å². The van der Waals surface area contributed by atoms with E-state index in [2.05, 4.69) is 43.7 Å². The topological polar surface area (TPSA) is 99.7 Å². The Labute approximate surface area is 197 Å². The summed E-state index contributed by atoms with van der Waals surface area (Å²) in [5, 5.41) is 27.5. The Hall–Kier alpha value is -4.25. The van der Waals surface area contributed by atoms with Crippen LogP contribution in [-0.2, 0) is 13.5 Å². The molecule has 0 spiro atoms. The van der Waals surface area contributed by atoms with Crippen LogP contribution in [0.4, 0.5) is 5.82 Å². The number of amides is 1. The van der Waals surface area contributed by atoms with Crippen molar-refractivity contribution in [2.45, 2.75) is 25.3 Å². The number of rotatable bonds is 5. The number of hydrogen-bond acceptors (Lipinski definition) is 6. The van der Waals surface area contributed by atoms with Crippen molar-refractivity contribution in [1.29, 1.82) is 5.26 Å². The molecule has 2 aromatic heterocycles. The number of piperidine rings is 1. The number of nitrogens with zero attached hydrogens (tertiary/aromatic N) is 6. The summed E-state index contributed by atoms with van der Waals surface area (Å²) in [7, 11) is 1.90. The van der Waals surface area contributed by atoms with E-state index in [0.29, 0.717) is 12.0 Å². The molecule has 1 aliphatic heterocycles. The molecule has 2 aromatic carbocycles. The second-order valence-electron chi connectivity index (χ2n) is 8.52. The van der Waals surface area contributed by atoms with Gasteiger partial charge < -0.3 is 10.2 Å². The lowest BCUT2D eigenvalue weighted by Crippen LogP contribution is -2.45. The predicted octanol–water partition coefficient (Wildman–Crippen LogP) is 3.50. The van der Waals surface area contributed by atoms with E-state index in [1.54, 1.807) is 23.0 Å². The van der Waals surface area contributed by atoms with Crippen molar-refractivity contribution in [3.63, 3.8) is 0 Å². The molecule has 1 saturated heterocycles. The Morgan fingerprint density at radius 3 is 2.47 bits per heavy atom. The Morgan fingerprint density at radius 2 is 1.79 bits per heavy atom. The summed E-state index contributed by atoms with van der Waals surface area (Å²) in [6.07, 6.45) is 3.77.